The number of benzene rings is 2. The van der Waals surface area contributed by atoms with E-state index in [0.717, 1.165) is 34.4 Å². The van der Waals surface area contributed by atoms with Crippen molar-refractivity contribution in [3.63, 3.8) is 0 Å². The van der Waals surface area contributed by atoms with Gasteiger partial charge in [0.2, 0.25) is 0 Å². The van der Waals surface area contributed by atoms with Crippen LogP contribution in [0.1, 0.15) is 50.1 Å². The second-order valence-corrected chi connectivity index (χ2v) is 10.1. The van der Waals surface area contributed by atoms with Crippen LogP contribution in [0.5, 0.6) is 5.75 Å². The molecule has 2 aliphatic rings. The Morgan fingerprint density at radius 2 is 1.97 bits per heavy atom. The van der Waals surface area contributed by atoms with E-state index in [0.29, 0.717) is 35.2 Å². The Hall–Kier alpha value is -3.91. The van der Waals surface area contributed by atoms with Gasteiger partial charge in [0.25, 0.3) is 5.56 Å². The highest BCUT2D eigenvalue weighted by Gasteiger charge is 2.34. The Kier molecular flexibility index (Phi) is 5.71. The molecule has 8 nitrogen and oxygen atoms in total. The average molecular weight is 488 g/mol. The third-order valence-corrected chi connectivity index (χ3v) is 6.53. The van der Waals surface area contributed by atoms with Gasteiger partial charge in [0, 0.05) is 41.9 Å². The van der Waals surface area contributed by atoms with Gasteiger partial charge < -0.3 is 24.9 Å². The zero-order chi connectivity index (χ0) is 25.8. The summed E-state index contributed by atoms with van der Waals surface area (Å²) in [4.78, 5) is 30.7. The normalized spacial score (nSPS) is 15.6. The number of allylic oxidation sites excluding steroid dienone is 1. The Bertz CT molecular complexity index is 1530. The van der Waals surface area contributed by atoms with Crippen LogP contribution in [0.15, 0.2) is 46.2 Å². The smallest absolute Gasteiger partial charge is 0.339 e. The second kappa shape index (κ2) is 8.64. The molecule has 36 heavy (non-hydrogen) atoms. The van der Waals surface area contributed by atoms with Crippen molar-refractivity contribution < 1.29 is 19.4 Å². The number of carbonyl (C=O) groups is 1. The third-order valence-electron chi connectivity index (χ3n) is 6.53. The first-order valence-corrected chi connectivity index (χ1v) is 11.9. The number of nitrogens with two attached hydrogens (primary N) is 1. The zero-order valence-corrected chi connectivity index (χ0v) is 20.8. The summed E-state index contributed by atoms with van der Waals surface area (Å²) >= 11 is 0. The fraction of sp³-hybridized carbons (Fsp3) is 0.321. The van der Waals surface area contributed by atoms with Crippen LogP contribution in [0.3, 0.4) is 0 Å². The molecule has 3 N–H and O–H groups in total. The number of carboxylic acid groups (broad SMARTS) is 1. The number of aromatic nitrogens is 1. The summed E-state index contributed by atoms with van der Waals surface area (Å²) in [5.41, 5.74) is 10.1. The topological polar surface area (TPSA) is 116 Å². The molecule has 3 aromatic rings. The summed E-state index contributed by atoms with van der Waals surface area (Å²) in [6.07, 6.45) is 3.17. The quantitative estimate of drug-likeness (QED) is 0.524. The van der Waals surface area contributed by atoms with Crippen LogP contribution in [0, 0.1) is 0 Å². The summed E-state index contributed by atoms with van der Waals surface area (Å²) in [5.74, 6) is -0.404. The van der Waals surface area contributed by atoms with E-state index in [1.54, 1.807) is 52.2 Å². The number of hydrogen-bond donors (Lipinski definition) is 2. The molecule has 0 saturated carbocycles. The highest BCUT2D eigenvalue weighted by atomic mass is 16.5. The number of ether oxygens (including phenoxy) is 2. The van der Waals surface area contributed by atoms with Crippen molar-refractivity contribution in [1.29, 1.82) is 0 Å². The minimum atomic E-state index is -1.39. The van der Waals surface area contributed by atoms with Crippen molar-refractivity contribution in [3.8, 4) is 16.9 Å². The minimum absolute atomic E-state index is 0.270. The molecule has 0 amide bonds. The van der Waals surface area contributed by atoms with Crippen molar-refractivity contribution in [2.24, 2.45) is 12.0 Å². The molecule has 8 heteroatoms. The number of fused-ring (bicyclic) bond motifs is 1. The number of aliphatic carboxylic acids is 1. The fourth-order valence-corrected chi connectivity index (χ4v) is 5.07. The molecule has 0 saturated heterocycles. The highest BCUT2D eigenvalue weighted by molar-refractivity contribution is 6.02. The number of nitrogen functional groups attached to an aromatic ring is 1. The van der Waals surface area contributed by atoms with Gasteiger partial charge in [-0.05, 0) is 67.1 Å². The number of nitrogens with zero attached hydrogens (tertiary/aromatic N) is 2. The van der Waals surface area contributed by atoms with Crippen molar-refractivity contribution in [3.05, 3.63) is 63.6 Å². The molecule has 1 atom stereocenters. The minimum Gasteiger partial charge on any atom is -0.493 e. The van der Waals surface area contributed by atoms with E-state index in [1.165, 1.54) is 4.57 Å². The van der Waals surface area contributed by atoms with Crippen molar-refractivity contribution in [2.75, 3.05) is 12.3 Å². The SMILES string of the molecule is Cn1c([C@@H](OC(C)(C)C)C(=O)O)c(-c2ccc3c4c2CN=CC=C4CCO3)c2ccc(N)cc2c1=O. The lowest BCUT2D eigenvalue weighted by Gasteiger charge is -2.30. The van der Waals surface area contributed by atoms with E-state index in [-0.39, 0.29) is 11.3 Å². The van der Waals surface area contributed by atoms with Crippen molar-refractivity contribution >= 4 is 34.2 Å². The van der Waals surface area contributed by atoms with Gasteiger partial charge in [-0.15, -0.1) is 0 Å². The van der Waals surface area contributed by atoms with E-state index in [9.17, 15) is 14.7 Å². The summed E-state index contributed by atoms with van der Waals surface area (Å²) in [5, 5.41) is 11.3. The van der Waals surface area contributed by atoms with E-state index in [1.807, 2.05) is 18.2 Å². The monoisotopic (exact) mass is 487 g/mol. The molecule has 2 aromatic carbocycles. The van der Waals surface area contributed by atoms with Crippen LogP contribution < -0.4 is 16.0 Å². The van der Waals surface area contributed by atoms with E-state index < -0.39 is 17.7 Å². The average Bonchev–Trinajstić information content (AvgIpc) is 3.04. The molecule has 1 aromatic heterocycles. The fourth-order valence-electron chi connectivity index (χ4n) is 5.07. The first-order valence-electron chi connectivity index (χ1n) is 11.9. The maximum Gasteiger partial charge on any atom is 0.339 e. The van der Waals surface area contributed by atoms with Crippen LogP contribution in [0.4, 0.5) is 5.69 Å². The Labute approximate surface area is 208 Å². The predicted molar refractivity (Wildman–Crippen MR) is 141 cm³/mol. The van der Waals surface area contributed by atoms with E-state index >= 15 is 0 Å². The lowest BCUT2D eigenvalue weighted by atomic mass is 9.85. The van der Waals surface area contributed by atoms with Crippen LogP contribution in [0.25, 0.3) is 27.5 Å². The van der Waals surface area contributed by atoms with Crippen molar-refractivity contribution in [1.82, 2.24) is 4.57 Å². The lowest BCUT2D eigenvalue weighted by Crippen LogP contribution is -2.33. The van der Waals surface area contributed by atoms with Gasteiger partial charge in [-0.3, -0.25) is 9.79 Å². The zero-order valence-electron chi connectivity index (χ0n) is 20.8. The third kappa shape index (κ3) is 3.97. The number of anilines is 1. The molecule has 3 heterocycles. The van der Waals surface area contributed by atoms with E-state index in [4.69, 9.17) is 15.2 Å². The summed E-state index contributed by atoms with van der Waals surface area (Å²) < 4.78 is 13.4. The maximum absolute atomic E-state index is 13.5. The number of carboxylic acids is 1. The van der Waals surface area contributed by atoms with Crippen molar-refractivity contribution in [2.45, 2.75) is 45.4 Å². The first-order chi connectivity index (χ1) is 17.1. The Morgan fingerprint density at radius 1 is 1.19 bits per heavy atom. The van der Waals surface area contributed by atoms with Gasteiger partial charge >= 0.3 is 5.97 Å². The van der Waals surface area contributed by atoms with Crippen LogP contribution in [-0.2, 0) is 23.1 Å². The standard InChI is InChI=1S/C28H29N3O5/c1-28(2,3)36-25(27(33)34)24-23(17-6-5-16(29)13-19(17)26(32)31(24)4)18-7-8-21-22-15(10-12-35-21)9-11-30-14-20(18)22/h5-9,11,13,25H,10,12,14,29H2,1-4H3,(H,33,34)/t25-/m1/s1. The molecule has 0 spiro atoms. The molecular formula is C28H29N3O5. The largest absolute Gasteiger partial charge is 0.493 e. The van der Waals surface area contributed by atoms with Crippen LogP contribution >= 0.6 is 0 Å². The van der Waals surface area contributed by atoms with Gasteiger partial charge in [-0.1, -0.05) is 12.1 Å². The number of hydrogen-bond acceptors (Lipinski definition) is 6. The Balaban J connectivity index is 1.93. The van der Waals surface area contributed by atoms with Gasteiger partial charge in [0.1, 0.15) is 5.75 Å². The molecule has 0 bridgehead atoms. The molecule has 0 radical (unpaired) electrons. The van der Waals surface area contributed by atoms with Gasteiger partial charge in [-0.2, -0.15) is 0 Å². The van der Waals surface area contributed by atoms with Crippen LogP contribution in [0.2, 0.25) is 0 Å². The number of aliphatic imine (C=N–C) groups is 1. The Morgan fingerprint density at radius 3 is 2.69 bits per heavy atom. The summed E-state index contributed by atoms with van der Waals surface area (Å²) in [7, 11) is 1.58. The maximum atomic E-state index is 13.5. The lowest BCUT2D eigenvalue weighted by molar-refractivity contribution is -0.161. The molecule has 0 unspecified atom stereocenters. The molecular weight excluding hydrogens is 458 g/mol. The van der Waals surface area contributed by atoms with Gasteiger partial charge in [-0.25, -0.2) is 4.79 Å². The molecule has 0 aliphatic carbocycles. The molecule has 0 fully saturated rings. The summed E-state index contributed by atoms with van der Waals surface area (Å²) in [6.45, 7) is 6.34. The molecule has 2 aliphatic heterocycles. The molecule has 186 valence electrons. The number of rotatable bonds is 4. The first kappa shape index (κ1) is 23.8. The van der Waals surface area contributed by atoms with Gasteiger partial charge in [0.15, 0.2) is 6.10 Å². The summed E-state index contributed by atoms with van der Waals surface area (Å²) in [6, 6.07) is 8.96. The number of pyridine rings is 1. The second-order valence-electron chi connectivity index (χ2n) is 10.1. The van der Waals surface area contributed by atoms with Gasteiger partial charge in [0.05, 0.1) is 24.4 Å². The van der Waals surface area contributed by atoms with E-state index in [2.05, 4.69) is 4.99 Å². The highest BCUT2D eigenvalue weighted by Crippen LogP contribution is 2.45. The molecule has 5 rings (SSSR count). The predicted octanol–water partition coefficient (Wildman–Crippen LogP) is 4.48. The van der Waals surface area contributed by atoms with Crippen LogP contribution in [-0.4, -0.2) is 34.1 Å².